The molecule has 2 amide bonds. The van der Waals surface area contributed by atoms with E-state index in [1.165, 1.54) is 17.7 Å². The molecule has 4 nitrogen and oxygen atoms in total. The molecule has 0 spiro atoms. The number of hydrogen-bond acceptors (Lipinski definition) is 2. The van der Waals surface area contributed by atoms with E-state index in [9.17, 15) is 9.18 Å². The highest BCUT2D eigenvalue weighted by molar-refractivity contribution is 5.85. The number of urea groups is 1. The van der Waals surface area contributed by atoms with Crippen molar-refractivity contribution in [3.05, 3.63) is 35.6 Å². The van der Waals surface area contributed by atoms with Crippen molar-refractivity contribution >= 4 is 18.4 Å². The Morgan fingerprint density at radius 3 is 2.71 bits per heavy atom. The number of carbonyl (C=O) groups is 1. The molecule has 0 saturated carbocycles. The molecule has 1 aromatic carbocycles. The summed E-state index contributed by atoms with van der Waals surface area (Å²) in [7, 11) is 0. The number of nitrogens with zero attached hydrogens (tertiary/aromatic N) is 1. The number of benzene rings is 1. The van der Waals surface area contributed by atoms with Crippen molar-refractivity contribution in [3.63, 3.8) is 0 Å². The van der Waals surface area contributed by atoms with Gasteiger partial charge in [0.1, 0.15) is 5.82 Å². The first-order valence-corrected chi connectivity index (χ1v) is 8.58. The Bertz CT molecular complexity index is 496. The van der Waals surface area contributed by atoms with E-state index in [1.807, 2.05) is 30.9 Å². The second-order valence-electron chi connectivity index (χ2n) is 6.53. The van der Waals surface area contributed by atoms with Crippen LogP contribution in [0.3, 0.4) is 0 Å². The van der Waals surface area contributed by atoms with Crippen LogP contribution in [0.1, 0.15) is 38.7 Å². The zero-order valence-corrected chi connectivity index (χ0v) is 15.4. The van der Waals surface area contributed by atoms with Gasteiger partial charge in [-0.15, -0.1) is 12.4 Å². The molecule has 0 aliphatic carbocycles. The Labute approximate surface area is 150 Å². The van der Waals surface area contributed by atoms with Crippen molar-refractivity contribution in [1.82, 2.24) is 15.5 Å². The van der Waals surface area contributed by atoms with Gasteiger partial charge in [-0.05, 0) is 50.8 Å². The van der Waals surface area contributed by atoms with Crippen LogP contribution in [0.15, 0.2) is 24.3 Å². The molecule has 24 heavy (non-hydrogen) atoms. The van der Waals surface area contributed by atoms with Crippen molar-refractivity contribution in [3.8, 4) is 0 Å². The molecule has 0 radical (unpaired) electrons. The third kappa shape index (κ3) is 6.65. The Morgan fingerprint density at radius 2 is 2.04 bits per heavy atom. The summed E-state index contributed by atoms with van der Waals surface area (Å²) in [5.74, 6) is -0.186. The van der Waals surface area contributed by atoms with Crippen molar-refractivity contribution < 1.29 is 9.18 Å². The van der Waals surface area contributed by atoms with Gasteiger partial charge in [-0.2, -0.15) is 0 Å². The third-order valence-corrected chi connectivity index (χ3v) is 4.19. The van der Waals surface area contributed by atoms with Crippen LogP contribution >= 0.6 is 12.4 Å². The van der Waals surface area contributed by atoms with Gasteiger partial charge in [-0.25, -0.2) is 9.18 Å². The van der Waals surface area contributed by atoms with E-state index in [4.69, 9.17) is 0 Å². The largest absolute Gasteiger partial charge is 0.336 e. The lowest BCUT2D eigenvalue weighted by Crippen LogP contribution is -2.57. The Kier molecular flexibility index (Phi) is 9.08. The van der Waals surface area contributed by atoms with Gasteiger partial charge >= 0.3 is 6.03 Å². The number of halogens is 2. The van der Waals surface area contributed by atoms with E-state index in [2.05, 4.69) is 10.6 Å². The molecule has 1 unspecified atom stereocenters. The minimum Gasteiger partial charge on any atom is -0.336 e. The first-order chi connectivity index (χ1) is 11.1. The van der Waals surface area contributed by atoms with E-state index in [0.717, 1.165) is 45.3 Å². The molecule has 1 atom stereocenters. The minimum absolute atomic E-state index is 0. The van der Waals surface area contributed by atoms with Gasteiger partial charge in [0.15, 0.2) is 0 Å². The van der Waals surface area contributed by atoms with Crippen LogP contribution in [0.25, 0.3) is 0 Å². The maximum atomic E-state index is 12.9. The standard InChI is InChI=1S/C18H28FN3O.ClH/c1-14(2)21-18(23)22-12-11-20-13-17(22)6-4-3-5-15-7-9-16(19)10-8-15;/h7-10,14,17,20H,3-6,11-13H2,1-2H3,(H,21,23);1H. The zero-order chi connectivity index (χ0) is 16.7. The number of hydrogen-bond donors (Lipinski definition) is 2. The first-order valence-electron chi connectivity index (χ1n) is 8.58. The smallest absolute Gasteiger partial charge is 0.317 e. The molecule has 6 heteroatoms. The van der Waals surface area contributed by atoms with E-state index in [-0.39, 0.29) is 36.3 Å². The summed E-state index contributed by atoms with van der Waals surface area (Å²) in [5, 5.41) is 6.36. The molecule has 1 aromatic rings. The first kappa shape index (κ1) is 20.7. The number of nitrogens with one attached hydrogen (secondary N) is 2. The molecule has 0 aromatic heterocycles. The van der Waals surface area contributed by atoms with Gasteiger partial charge in [0.05, 0.1) is 0 Å². The van der Waals surface area contributed by atoms with Crippen LogP contribution in [-0.4, -0.2) is 42.6 Å². The molecule has 2 rings (SSSR count). The fraction of sp³-hybridized carbons (Fsp3) is 0.611. The van der Waals surface area contributed by atoms with E-state index >= 15 is 0 Å². The summed E-state index contributed by atoms with van der Waals surface area (Å²) in [4.78, 5) is 14.2. The summed E-state index contributed by atoms with van der Waals surface area (Å²) >= 11 is 0. The lowest BCUT2D eigenvalue weighted by atomic mass is 10.0. The number of rotatable bonds is 6. The molecule has 1 aliphatic heterocycles. The Balaban J connectivity index is 0.00000288. The van der Waals surface area contributed by atoms with Gasteiger partial charge in [-0.3, -0.25) is 0 Å². The normalized spacial score (nSPS) is 17.5. The fourth-order valence-corrected chi connectivity index (χ4v) is 2.98. The quantitative estimate of drug-likeness (QED) is 0.767. The molecule has 1 heterocycles. The van der Waals surface area contributed by atoms with E-state index in [1.54, 1.807) is 0 Å². The third-order valence-electron chi connectivity index (χ3n) is 4.19. The molecule has 2 N–H and O–H groups in total. The van der Waals surface area contributed by atoms with Gasteiger partial charge in [0.25, 0.3) is 0 Å². The zero-order valence-electron chi connectivity index (χ0n) is 14.6. The molecular formula is C18H29ClFN3O. The number of carbonyl (C=O) groups excluding carboxylic acids is 1. The van der Waals surface area contributed by atoms with Crippen molar-refractivity contribution in [2.75, 3.05) is 19.6 Å². The predicted octanol–water partition coefficient (Wildman–Crippen LogP) is 3.35. The summed E-state index contributed by atoms with van der Waals surface area (Å²) < 4.78 is 12.9. The summed E-state index contributed by atoms with van der Waals surface area (Å²) in [6.45, 7) is 6.45. The maximum Gasteiger partial charge on any atom is 0.317 e. The van der Waals surface area contributed by atoms with Crippen LogP contribution in [-0.2, 0) is 6.42 Å². The lowest BCUT2D eigenvalue weighted by Gasteiger charge is -2.36. The van der Waals surface area contributed by atoms with Gasteiger partial charge in [-0.1, -0.05) is 18.6 Å². The maximum absolute atomic E-state index is 12.9. The van der Waals surface area contributed by atoms with Crippen LogP contribution in [0.5, 0.6) is 0 Å². The molecule has 1 saturated heterocycles. The van der Waals surface area contributed by atoms with E-state index in [0.29, 0.717) is 0 Å². The summed E-state index contributed by atoms with van der Waals surface area (Å²) in [6.07, 6.45) is 4.08. The number of piperazine rings is 1. The summed E-state index contributed by atoms with van der Waals surface area (Å²) in [6, 6.07) is 7.19. The lowest BCUT2D eigenvalue weighted by molar-refractivity contribution is 0.150. The highest BCUT2D eigenvalue weighted by Crippen LogP contribution is 2.14. The number of aryl methyl sites for hydroxylation is 1. The highest BCUT2D eigenvalue weighted by Gasteiger charge is 2.26. The topological polar surface area (TPSA) is 44.4 Å². The van der Waals surface area contributed by atoms with E-state index < -0.39 is 0 Å². The predicted molar refractivity (Wildman–Crippen MR) is 98.2 cm³/mol. The number of amides is 2. The van der Waals surface area contributed by atoms with Gasteiger partial charge in [0, 0.05) is 31.7 Å². The average molecular weight is 358 g/mol. The molecule has 1 fully saturated rings. The average Bonchev–Trinajstić information content (AvgIpc) is 2.53. The molecule has 1 aliphatic rings. The highest BCUT2D eigenvalue weighted by atomic mass is 35.5. The fourth-order valence-electron chi connectivity index (χ4n) is 2.98. The van der Waals surface area contributed by atoms with Crippen molar-refractivity contribution in [2.24, 2.45) is 0 Å². The van der Waals surface area contributed by atoms with Crippen LogP contribution < -0.4 is 10.6 Å². The Hall–Kier alpha value is -1.33. The Morgan fingerprint density at radius 1 is 1.33 bits per heavy atom. The molecule has 136 valence electrons. The van der Waals surface area contributed by atoms with Gasteiger partial charge < -0.3 is 15.5 Å². The molecular weight excluding hydrogens is 329 g/mol. The van der Waals surface area contributed by atoms with Crippen LogP contribution in [0, 0.1) is 5.82 Å². The van der Waals surface area contributed by atoms with Crippen LogP contribution in [0.2, 0.25) is 0 Å². The minimum atomic E-state index is -0.186. The van der Waals surface area contributed by atoms with Gasteiger partial charge in [0.2, 0.25) is 0 Å². The monoisotopic (exact) mass is 357 g/mol. The molecule has 0 bridgehead atoms. The SMILES string of the molecule is CC(C)NC(=O)N1CCNCC1CCCCc1ccc(F)cc1.Cl. The summed E-state index contributed by atoms with van der Waals surface area (Å²) in [5.41, 5.74) is 1.17. The van der Waals surface area contributed by atoms with Crippen molar-refractivity contribution in [1.29, 1.82) is 0 Å². The second-order valence-corrected chi connectivity index (χ2v) is 6.53. The second kappa shape index (κ2) is 10.5. The van der Waals surface area contributed by atoms with Crippen molar-refractivity contribution in [2.45, 2.75) is 51.6 Å². The number of unbranched alkanes of at least 4 members (excludes halogenated alkanes) is 1. The van der Waals surface area contributed by atoms with Crippen LogP contribution in [0.4, 0.5) is 9.18 Å².